The Kier molecular flexibility index (Phi) is 4.28. The number of carbonyl (C=O) groups is 2. The van der Waals surface area contributed by atoms with Crippen molar-refractivity contribution < 1.29 is 9.59 Å². The maximum absolute atomic E-state index is 13.6. The van der Waals surface area contributed by atoms with Crippen LogP contribution in [0.15, 0.2) is 42.6 Å². The van der Waals surface area contributed by atoms with Gasteiger partial charge in [0.1, 0.15) is 0 Å². The normalized spacial score (nSPS) is 20.0. The third-order valence-electron chi connectivity index (χ3n) is 6.21. The molecule has 2 fully saturated rings. The van der Waals surface area contributed by atoms with Gasteiger partial charge in [-0.25, -0.2) is 14.7 Å². The van der Waals surface area contributed by atoms with Crippen molar-refractivity contribution in [1.29, 1.82) is 0 Å². The summed E-state index contributed by atoms with van der Waals surface area (Å²) in [6, 6.07) is 10.6. The van der Waals surface area contributed by atoms with Crippen molar-refractivity contribution >= 4 is 29.1 Å². The van der Waals surface area contributed by atoms with Crippen LogP contribution < -0.4 is 10.2 Å². The molecule has 29 heavy (non-hydrogen) atoms. The van der Waals surface area contributed by atoms with Crippen LogP contribution in [-0.2, 0) is 0 Å². The number of hydrogen-bond acceptors (Lipinski definition) is 4. The van der Waals surface area contributed by atoms with Gasteiger partial charge in [0.25, 0.3) is 5.91 Å². The Morgan fingerprint density at radius 2 is 2.00 bits per heavy atom. The molecule has 3 aliphatic rings. The molecule has 0 bridgehead atoms. The summed E-state index contributed by atoms with van der Waals surface area (Å²) in [4.78, 5) is 36.7. The number of urea groups is 1. The molecule has 0 saturated carbocycles. The topological polar surface area (TPSA) is 68.8 Å². The molecule has 0 radical (unpaired) electrons. The molecule has 0 atom stereocenters. The summed E-state index contributed by atoms with van der Waals surface area (Å²) >= 11 is 0. The van der Waals surface area contributed by atoms with Gasteiger partial charge in [0, 0.05) is 31.2 Å². The fraction of sp³-hybridized carbons (Fsp3) is 0.409. The molecule has 1 aromatic heterocycles. The van der Waals surface area contributed by atoms with E-state index in [-0.39, 0.29) is 17.4 Å². The number of para-hydroxylation sites is 1. The predicted octanol–water partition coefficient (Wildman–Crippen LogP) is 3.32. The van der Waals surface area contributed by atoms with Crippen LogP contribution in [0.4, 0.5) is 22.0 Å². The van der Waals surface area contributed by atoms with E-state index in [1.165, 1.54) is 0 Å². The molecule has 0 aliphatic carbocycles. The molecule has 2 saturated heterocycles. The Labute approximate surface area is 170 Å². The second-order valence-electron chi connectivity index (χ2n) is 8.35. The molecule has 1 N–H and O–H groups in total. The van der Waals surface area contributed by atoms with Crippen molar-refractivity contribution in [3.63, 3.8) is 0 Å². The molecular weight excluding hydrogens is 366 g/mol. The monoisotopic (exact) mass is 391 g/mol. The van der Waals surface area contributed by atoms with Crippen molar-refractivity contribution in [2.75, 3.05) is 42.9 Å². The van der Waals surface area contributed by atoms with Crippen LogP contribution in [0.3, 0.4) is 0 Å². The minimum atomic E-state index is -0.226. The summed E-state index contributed by atoms with van der Waals surface area (Å²) in [6.07, 6.45) is 3.95. The number of pyridine rings is 1. The standard InChI is InChI=1S/C22H25N5O2/c1-2-11-25-12-9-22(13-25)14-26(15-22)21(29)27-18-8-4-3-6-16(18)20(28)24-17-7-5-10-23-19(17)27/h3-8,10H,2,9,11-15H2,1H3,(H,24,28). The van der Waals surface area contributed by atoms with Gasteiger partial charge in [-0.3, -0.25) is 4.79 Å². The number of benzene rings is 1. The van der Waals surface area contributed by atoms with Gasteiger partial charge in [-0.15, -0.1) is 0 Å². The maximum Gasteiger partial charge on any atom is 0.330 e. The highest BCUT2D eigenvalue weighted by Crippen LogP contribution is 2.43. The Morgan fingerprint density at radius 1 is 1.17 bits per heavy atom. The van der Waals surface area contributed by atoms with Crippen molar-refractivity contribution in [2.45, 2.75) is 19.8 Å². The third kappa shape index (κ3) is 2.97. The number of aromatic nitrogens is 1. The second kappa shape index (κ2) is 6.84. The van der Waals surface area contributed by atoms with E-state index in [4.69, 9.17) is 0 Å². The molecule has 1 spiro atoms. The van der Waals surface area contributed by atoms with Crippen molar-refractivity contribution in [1.82, 2.24) is 14.8 Å². The molecule has 7 nitrogen and oxygen atoms in total. The molecule has 1 aromatic carbocycles. The highest BCUT2D eigenvalue weighted by atomic mass is 16.2. The van der Waals surface area contributed by atoms with E-state index in [1.807, 2.05) is 23.1 Å². The lowest BCUT2D eigenvalue weighted by atomic mass is 9.79. The Bertz CT molecular complexity index is 969. The number of fused-ring (bicyclic) bond motifs is 2. The number of amides is 3. The zero-order valence-corrected chi connectivity index (χ0v) is 16.6. The predicted molar refractivity (Wildman–Crippen MR) is 112 cm³/mol. The highest BCUT2D eigenvalue weighted by Gasteiger charge is 2.50. The van der Waals surface area contributed by atoms with Gasteiger partial charge >= 0.3 is 6.03 Å². The van der Waals surface area contributed by atoms with Gasteiger partial charge in [-0.2, -0.15) is 0 Å². The number of carbonyl (C=O) groups excluding carboxylic acids is 2. The lowest BCUT2D eigenvalue weighted by Crippen LogP contribution is -2.62. The fourth-order valence-corrected chi connectivity index (χ4v) is 4.86. The Morgan fingerprint density at radius 3 is 2.83 bits per heavy atom. The average molecular weight is 391 g/mol. The van der Waals surface area contributed by atoms with Crippen LogP contribution >= 0.6 is 0 Å². The smallest absolute Gasteiger partial charge is 0.323 e. The number of rotatable bonds is 2. The SMILES string of the molecule is CCCN1CCC2(C1)CN(C(=O)N1c3ccccc3C(=O)Nc3cccnc31)C2. The van der Waals surface area contributed by atoms with Crippen LogP contribution in [0.1, 0.15) is 30.1 Å². The summed E-state index contributed by atoms with van der Waals surface area (Å²) in [5, 5.41) is 2.89. The summed E-state index contributed by atoms with van der Waals surface area (Å²) in [6.45, 7) is 7.03. The van der Waals surface area contributed by atoms with Crippen LogP contribution in [-0.4, -0.2) is 59.4 Å². The zero-order chi connectivity index (χ0) is 20.0. The quantitative estimate of drug-likeness (QED) is 0.853. The fourth-order valence-electron chi connectivity index (χ4n) is 4.86. The van der Waals surface area contributed by atoms with E-state index in [2.05, 4.69) is 22.1 Å². The minimum absolute atomic E-state index is 0.117. The molecule has 7 heteroatoms. The highest BCUT2D eigenvalue weighted by molar-refractivity contribution is 6.16. The van der Waals surface area contributed by atoms with Gasteiger partial charge in [-0.1, -0.05) is 19.1 Å². The summed E-state index contributed by atoms with van der Waals surface area (Å²) in [7, 11) is 0. The van der Waals surface area contributed by atoms with E-state index in [9.17, 15) is 9.59 Å². The van der Waals surface area contributed by atoms with E-state index < -0.39 is 0 Å². The van der Waals surface area contributed by atoms with E-state index in [1.54, 1.807) is 29.3 Å². The lowest BCUT2D eigenvalue weighted by molar-refractivity contribution is 0.0424. The Hall–Kier alpha value is -2.93. The number of likely N-dealkylation sites (tertiary alicyclic amines) is 2. The van der Waals surface area contributed by atoms with Gasteiger partial charge in [-0.05, 0) is 50.2 Å². The third-order valence-corrected chi connectivity index (χ3v) is 6.21. The lowest BCUT2D eigenvalue weighted by Gasteiger charge is -2.49. The molecular formula is C22H25N5O2. The summed E-state index contributed by atoms with van der Waals surface area (Å²) < 4.78 is 0. The van der Waals surface area contributed by atoms with Crippen molar-refractivity contribution in [3.05, 3.63) is 48.2 Å². The van der Waals surface area contributed by atoms with Crippen molar-refractivity contribution in [2.24, 2.45) is 5.41 Å². The molecule has 3 amide bonds. The second-order valence-corrected chi connectivity index (χ2v) is 8.35. The molecule has 2 aromatic rings. The van der Waals surface area contributed by atoms with Crippen LogP contribution in [0.2, 0.25) is 0 Å². The molecule has 4 heterocycles. The number of hydrogen-bond donors (Lipinski definition) is 1. The van der Waals surface area contributed by atoms with Crippen LogP contribution in [0.5, 0.6) is 0 Å². The first-order valence-corrected chi connectivity index (χ1v) is 10.3. The van der Waals surface area contributed by atoms with Gasteiger partial charge < -0.3 is 15.1 Å². The first kappa shape index (κ1) is 18.1. The van der Waals surface area contributed by atoms with Gasteiger partial charge in [0.05, 0.1) is 16.9 Å². The number of nitrogens with zero attached hydrogens (tertiary/aromatic N) is 4. The summed E-state index contributed by atoms with van der Waals surface area (Å²) in [5.74, 6) is 0.243. The van der Waals surface area contributed by atoms with E-state index in [0.29, 0.717) is 22.8 Å². The summed E-state index contributed by atoms with van der Waals surface area (Å²) in [5.41, 5.74) is 1.82. The minimum Gasteiger partial charge on any atom is -0.323 e. The molecule has 0 unspecified atom stereocenters. The van der Waals surface area contributed by atoms with Gasteiger partial charge in [0.2, 0.25) is 0 Å². The van der Waals surface area contributed by atoms with Gasteiger partial charge in [0.15, 0.2) is 5.82 Å². The average Bonchev–Trinajstić information content (AvgIpc) is 3.08. The maximum atomic E-state index is 13.6. The molecule has 5 rings (SSSR count). The molecule has 150 valence electrons. The van der Waals surface area contributed by atoms with E-state index >= 15 is 0 Å². The first-order valence-electron chi connectivity index (χ1n) is 10.3. The zero-order valence-electron chi connectivity index (χ0n) is 16.6. The van der Waals surface area contributed by atoms with Crippen LogP contribution in [0.25, 0.3) is 0 Å². The molecule has 3 aliphatic heterocycles. The van der Waals surface area contributed by atoms with E-state index in [0.717, 1.165) is 45.6 Å². The number of anilines is 3. The first-order chi connectivity index (χ1) is 14.1. The number of nitrogens with one attached hydrogen (secondary N) is 1. The van der Waals surface area contributed by atoms with Crippen LogP contribution in [0, 0.1) is 5.41 Å². The largest absolute Gasteiger partial charge is 0.330 e. The van der Waals surface area contributed by atoms with Crippen molar-refractivity contribution in [3.8, 4) is 0 Å². The Balaban J connectivity index is 1.45.